The van der Waals surface area contributed by atoms with E-state index in [9.17, 15) is 17.3 Å². The van der Waals surface area contributed by atoms with Crippen LogP contribution in [0.1, 0.15) is 44.7 Å². The molecule has 0 heterocycles. The van der Waals surface area contributed by atoms with Crippen LogP contribution in [-0.4, -0.2) is 7.25 Å². The molecule has 3 N–H and O–H groups in total. The molecule has 0 aliphatic rings. The Morgan fingerprint density at radius 1 is 1.00 bits per heavy atom. The van der Waals surface area contributed by atoms with E-state index in [-0.39, 0.29) is 5.54 Å². The second-order valence-electron chi connectivity index (χ2n) is 4.49. The Kier molecular flexibility index (Phi) is 7.12. The van der Waals surface area contributed by atoms with Crippen molar-refractivity contribution in [3.05, 3.63) is 35.4 Å². The Labute approximate surface area is 112 Å². The fourth-order valence-corrected chi connectivity index (χ4v) is 1.98. The minimum Gasteiger partial charge on any atom is -0.418 e. The average molecular weight is 279 g/mol. The Morgan fingerprint density at radius 2 is 1.42 bits per heavy atom. The van der Waals surface area contributed by atoms with Gasteiger partial charge in [-0.25, -0.2) is 0 Å². The summed E-state index contributed by atoms with van der Waals surface area (Å²) in [6.07, 6.45) is 3.33. The van der Waals surface area contributed by atoms with E-state index in [4.69, 9.17) is 0 Å². The molecule has 1 rings (SSSR count). The molecule has 6 heteroatoms. The summed E-state index contributed by atoms with van der Waals surface area (Å²) in [7, 11) is -6.00. The minimum absolute atomic E-state index is 0.118. The number of halogens is 4. The summed E-state index contributed by atoms with van der Waals surface area (Å²) >= 11 is 0. The van der Waals surface area contributed by atoms with Gasteiger partial charge in [0.2, 0.25) is 0 Å². The summed E-state index contributed by atoms with van der Waals surface area (Å²) in [5.74, 6) is 0. The van der Waals surface area contributed by atoms with Crippen LogP contribution in [0.25, 0.3) is 0 Å². The summed E-state index contributed by atoms with van der Waals surface area (Å²) in [6, 6.07) is 8.70. The number of hydrogen-bond acceptors (Lipinski definition) is 0. The lowest BCUT2D eigenvalue weighted by Gasteiger charge is -2.25. The zero-order valence-electron chi connectivity index (χ0n) is 11.7. The lowest BCUT2D eigenvalue weighted by molar-refractivity contribution is -0.490. The van der Waals surface area contributed by atoms with Crippen LogP contribution in [0.4, 0.5) is 17.3 Å². The number of quaternary nitrogens is 1. The van der Waals surface area contributed by atoms with Gasteiger partial charge in [-0.1, -0.05) is 45.0 Å². The highest BCUT2D eigenvalue weighted by Crippen LogP contribution is 2.26. The van der Waals surface area contributed by atoms with E-state index in [0.29, 0.717) is 0 Å². The molecule has 0 aliphatic carbocycles. The smallest absolute Gasteiger partial charge is 0.418 e. The van der Waals surface area contributed by atoms with Gasteiger partial charge in [-0.2, -0.15) is 0 Å². The molecule has 0 radical (unpaired) electrons. The first-order valence-electron chi connectivity index (χ1n) is 6.49. The Hall–Kier alpha value is -1.04. The Balaban J connectivity index is 0.000000555. The van der Waals surface area contributed by atoms with Gasteiger partial charge >= 0.3 is 7.25 Å². The van der Waals surface area contributed by atoms with Gasteiger partial charge in [0.1, 0.15) is 5.54 Å². The van der Waals surface area contributed by atoms with E-state index in [2.05, 4.69) is 50.8 Å². The standard InChI is InChI=1S/C13H21N.BF4/c1-4-11-9-7-8-10-12(11)13(14,5-2)6-3;2-1(3,4)5/h7-10H,4-6,14H2,1-3H3;/q;-1/p+1. The predicted molar refractivity (Wildman–Crippen MR) is 71.2 cm³/mol. The SMILES string of the molecule is CCc1ccccc1C([NH3+])(CC)CC.F[B-](F)(F)F. The highest BCUT2D eigenvalue weighted by atomic mass is 19.5. The van der Waals surface area contributed by atoms with Crippen molar-refractivity contribution in [1.29, 1.82) is 0 Å². The highest BCUT2D eigenvalue weighted by molar-refractivity contribution is 6.50. The molecular formula is C13H22BF4N. The topological polar surface area (TPSA) is 27.6 Å². The number of aryl methyl sites for hydroxylation is 1. The molecule has 0 bridgehead atoms. The van der Waals surface area contributed by atoms with Crippen LogP contribution < -0.4 is 5.73 Å². The zero-order valence-corrected chi connectivity index (χ0v) is 11.7. The van der Waals surface area contributed by atoms with Crippen molar-refractivity contribution in [2.45, 2.75) is 45.6 Å². The molecule has 19 heavy (non-hydrogen) atoms. The van der Waals surface area contributed by atoms with Crippen LogP contribution in [0, 0.1) is 0 Å². The molecule has 0 aliphatic heterocycles. The molecule has 0 spiro atoms. The van der Waals surface area contributed by atoms with Gasteiger partial charge in [-0.05, 0) is 12.0 Å². The van der Waals surface area contributed by atoms with E-state index in [1.807, 2.05) is 0 Å². The summed E-state index contributed by atoms with van der Waals surface area (Å²) in [6.45, 7) is 6.66. The molecule has 1 aromatic rings. The van der Waals surface area contributed by atoms with Gasteiger partial charge in [0.15, 0.2) is 0 Å². The number of rotatable bonds is 4. The monoisotopic (exact) mass is 279 g/mol. The average Bonchev–Trinajstić information content (AvgIpc) is 2.36. The van der Waals surface area contributed by atoms with Crippen molar-refractivity contribution in [3.8, 4) is 0 Å². The Bertz CT molecular complexity index is 369. The molecule has 1 aromatic carbocycles. The largest absolute Gasteiger partial charge is 0.673 e. The van der Waals surface area contributed by atoms with Crippen LogP contribution in [0.2, 0.25) is 0 Å². The quantitative estimate of drug-likeness (QED) is 0.641. The molecule has 110 valence electrons. The second-order valence-corrected chi connectivity index (χ2v) is 4.49. The number of hydrogen-bond donors (Lipinski definition) is 1. The molecule has 0 aromatic heterocycles. The van der Waals surface area contributed by atoms with E-state index in [0.717, 1.165) is 19.3 Å². The normalized spacial score (nSPS) is 11.8. The number of benzene rings is 1. The molecule has 0 saturated heterocycles. The fraction of sp³-hybridized carbons (Fsp3) is 0.538. The van der Waals surface area contributed by atoms with Crippen LogP contribution in [0.3, 0.4) is 0 Å². The summed E-state index contributed by atoms with van der Waals surface area (Å²) in [5, 5.41) is 0. The van der Waals surface area contributed by atoms with Gasteiger partial charge in [0.25, 0.3) is 0 Å². The van der Waals surface area contributed by atoms with Crippen LogP contribution >= 0.6 is 0 Å². The van der Waals surface area contributed by atoms with Gasteiger partial charge in [0, 0.05) is 18.4 Å². The summed E-state index contributed by atoms with van der Waals surface area (Å²) in [4.78, 5) is 0. The first kappa shape index (κ1) is 18.0. The molecular weight excluding hydrogens is 257 g/mol. The van der Waals surface area contributed by atoms with E-state index in [1.165, 1.54) is 11.1 Å². The molecule has 0 fully saturated rings. The van der Waals surface area contributed by atoms with Crippen LogP contribution in [-0.2, 0) is 12.0 Å². The molecule has 0 amide bonds. The van der Waals surface area contributed by atoms with Crippen molar-refractivity contribution in [2.75, 3.05) is 0 Å². The third-order valence-electron chi connectivity index (χ3n) is 3.32. The third-order valence-corrected chi connectivity index (χ3v) is 3.32. The summed E-state index contributed by atoms with van der Waals surface area (Å²) < 4.78 is 39.0. The van der Waals surface area contributed by atoms with E-state index >= 15 is 0 Å². The van der Waals surface area contributed by atoms with Crippen molar-refractivity contribution in [3.63, 3.8) is 0 Å². The fourth-order valence-electron chi connectivity index (χ4n) is 1.98. The van der Waals surface area contributed by atoms with Crippen LogP contribution in [0.5, 0.6) is 0 Å². The van der Waals surface area contributed by atoms with E-state index in [1.54, 1.807) is 0 Å². The van der Waals surface area contributed by atoms with Crippen molar-refractivity contribution < 1.29 is 23.0 Å². The minimum atomic E-state index is -6.00. The van der Waals surface area contributed by atoms with E-state index < -0.39 is 7.25 Å². The molecule has 0 saturated carbocycles. The molecule has 0 atom stereocenters. The maximum atomic E-state index is 9.75. The lowest BCUT2D eigenvalue weighted by Crippen LogP contribution is -2.69. The maximum absolute atomic E-state index is 9.75. The first-order chi connectivity index (χ1) is 8.68. The molecule has 1 nitrogen and oxygen atoms in total. The maximum Gasteiger partial charge on any atom is 0.673 e. The van der Waals surface area contributed by atoms with Gasteiger partial charge in [0.05, 0.1) is 0 Å². The third kappa shape index (κ3) is 6.62. The van der Waals surface area contributed by atoms with Gasteiger partial charge < -0.3 is 23.0 Å². The molecule has 0 unspecified atom stereocenters. The lowest BCUT2D eigenvalue weighted by atomic mass is 9.82. The van der Waals surface area contributed by atoms with Crippen molar-refractivity contribution in [2.24, 2.45) is 0 Å². The zero-order chi connectivity index (χ0) is 15.1. The van der Waals surface area contributed by atoms with Gasteiger partial charge in [-0.15, -0.1) is 0 Å². The second kappa shape index (κ2) is 7.53. The summed E-state index contributed by atoms with van der Waals surface area (Å²) in [5.41, 5.74) is 7.39. The van der Waals surface area contributed by atoms with Crippen molar-refractivity contribution in [1.82, 2.24) is 0 Å². The first-order valence-corrected chi connectivity index (χ1v) is 6.49. The van der Waals surface area contributed by atoms with Gasteiger partial charge in [-0.3, -0.25) is 0 Å². The Morgan fingerprint density at radius 3 is 1.79 bits per heavy atom. The van der Waals surface area contributed by atoms with Crippen LogP contribution in [0.15, 0.2) is 24.3 Å². The van der Waals surface area contributed by atoms with Crippen molar-refractivity contribution >= 4 is 7.25 Å². The predicted octanol–water partition coefficient (Wildman–Crippen LogP) is 3.81. The highest BCUT2D eigenvalue weighted by Gasteiger charge is 2.28.